The number of anilines is 2. The molecule has 1 amide bonds. The average Bonchev–Trinajstić information content (AvgIpc) is 2.35. The summed E-state index contributed by atoms with van der Waals surface area (Å²) in [7, 11) is 0. The Morgan fingerprint density at radius 1 is 1.47 bits per heavy atom. The Hall–Kier alpha value is -1.16. The number of carbonyl (C=O) groups is 1. The fourth-order valence-corrected chi connectivity index (χ4v) is 2.92. The van der Waals surface area contributed by atoms with E-state index in [9.17, 15) is 4.79 Å². The standard InChI is InChI=1S/C15H22N2OS/c1-2-8-19-12-6-7-13(16)14(10-12)17-15(18)9-11-4-3-5-11/h6-7,10-11H,2-5,8-9,16H2,1H3,(H,17,18). The molecule has 0 unspecified atom stereocenters. The van der Waals surface area contributed by atoms with E-state index in [1.54, 1.807) is 11.8 Å². The third kappa shape index (κ3) is 4.16. The highest BCUT2D eigenvalue weighted by molar-refractivity contribution is 7.99. The van der Waals surface area contributed by atoms with Gasteiger partial charge in [0.2, 0.25) is 5.91 Å². The maximum atomic E-state index is 11.9. The van der Waals surface area contributed by atoms with Gasteiger partial charge in [-0.2, -0.15) is 0 Å². The van der Waals surface area contributed by atoms with Gasteiger partial charge in [-0.05, 0) is 49.1 Å². The maximum absolute atomic E-state index is 11.9. The average molecular weight is 278 g/mol. The van der Waals surface area contributed by atoms with Crippen molar-refractivity contribution in [1.82, 2.24) is 0 Å². The number of amides is 1. The summed E-state index contributed by atoms with van der Waals surface area (Å²) < 4.78 is 0. The molecule has 0 heterocycles. The molecule has 0 radical (unpaired) electrons. The number of nitrogens with two attached hydrogens (primary N) is 1. The molecule has 3 nitrogen and oxygen atoms in total. The van der Waals surface area contributed by atoms with E-state index in [0.29, 0.717) is 18.0 Å². The Labute approximate surface area is 119 Å². The second-order valence-corrected chi connectivity index (χ2v) is 6.32. The van der Waals surface area contributed by atoms with Crippen molar-refractivity contribution in [1.29, 1.82) is 0 Å². The van der Waals surface area contributed by atoms with Gasteiger partial charge in [0.1, 0.15) is 0 Å². The molecule has 104 valence electrons. The topological polar surface area (TPSA) is 55.1 Å². The highest BCUT2D eigenvalue weighted by Crippen LogP contribution is 2.31. The van der Waals surface area contributed by atoms with Crippen molar-refractivity contribution in [3.63, 3.8) is 0 Å². The van der Waals surface area contributed by atoms with E-state index in [1.807, 2.05) is 18.2 Å². The van der Waals surface area contributed by atoms with Gasteiger partial charge < -0.3 is 11.1 Å². The first-order valence-electron chi connectivity index (χ1n) is 7.01. The molecule has 1 aromatic rings. The number of carbonyl (C=O) groups excluding carboxylic acids is 1. The molecular formula is C15H22N2OS. The van der Waals surface area contributed by atoms with Crippen LogP contribution < -0.4 is 11.1 Å². The normalized spacial score (nSPS) is 15.0. The minimum absolute atomic E-state index is 0.0917. The summed E-state index contributed by atoms with van der Waals surface area (Å²) in [6, 6.07) is 5.86. The third-order valence-electron chi connectivity index (χ3n) is 3.47. The van der Waals surface area contributed by atoms with Crippen molar-refractivity contribution in [2.24, 2.45) is 5.92 Å². The van der Waals surface area contributed by atoms with Crippen molar-refractivity contribution >= 4 is 29.0 Å². The van der Waals surface area contributed by atoms with E-state index in [1.165, 1.54) is 19.3 Å². The molecule has 0 bridgehead atoms. The smallest absolute Gasteiger partial charge is 0.224 e. The highest BCUT2D eigenvalue weighted by atomic mass is 32.2. The van der Waals surface area contributed by atoms with Crippen molar-refractivity contribution in [2.75, 3.05) is 16.8 Å². The largest absolute Gasteiger partial charge is 0.397 e. The Bertz CT molecular complexity index is 444. The summed E-state index contributed by atoms with van der Waals surface area (Å²) in [5.41, 5.74) is 7.32. The van der Waals surface area contributed by atoms with E-state index < -0.39 is 0 Å². The second kappa shape index (κ2) is 6.85. The van der Waals surface area contributed by atoms with E-state index in [-0.39, 0.29) is 5.91 Å². The molecule has 1 saturated carbocycles. The number of hydrogen-bond donors (Lipinski definition) is 2. The summed E-state index contributed by atoms with van der Waals surface area (Å²) in [6.07, 6.45) is 5.41. The molecule has 1 aliphatic rings. The van der Waals surface area contributed by atoms with Crippen LogP contribution in [-0.4, -0.2) is 11.7 Å². The van der Waals surface area contributed by atoms with Crippen molar-refractivity contribution in [3.8, 4) is 0 Å². The van der Waals surface area contributed by atoms with Crippen LogP contribution in [0.25, 0.3) is 0 Å². The molecule has 1 aromatic carbocycles. The van der Waals surface area contributed by atoms with Crippen LogP contribution in [0.5, 0.6) is 0 Å². The van der Waals surface area contributed by atoms with Crippen LogP contribution in [0.4, 0.5) is 11.4 Å². The lowest BCUT2D eigenvalue weighted by Crippen LogP contribution is -2.21. The number of benzene rings is 1. The molecule has 0 saturated heterocycles. The molecule has 1 fully saturated rings. The fraction of sp³-hybridized carbons (Fsp3) is 0.533. The molecule has 0 atom stereocenters. The zero-order valence-corrected chi connectivity index (χ0v) is 12.3. The summed E-state index contributed by atoms with van der Waals surface area (Å²) in [4.78, 5) is 13.1. The van der Waals surface area contributed by atoms with Gasteiger partial charge in [0, 0.05) is 11.3 Å². The van der Waals surface area contributed by atoms with Crippen molar-refractivity contribution in [2.45, 2.75) is 43.9 Å². The quantitative estimate of drug-likeness (QED) is 0.613. The zero-order chi connectivity index (χ0) is 13.7. The predicted octanol–water partition coefficient (Wildman–Crippen LogP) is 3.90. The van der Waals surface area contributed by atoms with Gasteiger partial charge in [-0.3, -0.25) is 4.79 Å². The summed E-state index contributed by atoms with van der Waals surface area (Å²) in [5, 5.41) is 2.95. The van der Waals surface area contributed by atoms with Crippen LogP contribution in [0.2, 0.25) is 0 Å². The number of nitrogens with one attached hydrogen (secondary N) is 1. The highest BCUT2D eigenvalue weighted by Gasteiger charge is 2.20. The first-order chi connectivity index (χ1) is 9.19. The first-order valence-corrected chi connectivity index (χ1v) is 7.99. The number of rotatable bonds is 6. The van der Waals surface area contributed by atoms with Crippen LogP contribution in [0.1, 0.15) is 39.0 Å². The molecule has 0 spiro atoms. The summed E-state index contributed by atoms with van der Waals surface area (Å²) >= 11 is 1.79. The van der Waals surface area contributed by atoms with Crippen LogP contribution in [0.3, 0.4) is 0 Å². The minimum Gasteiger partial charge on any atom is -0.397 e. The Balaban J connectivity index is 1.95. The first kappa shape index (κ1) is 14.3. The molecule has 1 aliphatic carbocycles. The fourth-order valence-electron chi connectivity index (χ4n) is 2.11. The van der Waals surface area contributed by atoms with Gasteiger partial charge in [-0.15, -0.1) is 11.8 Å². The van der Waals surface area contributed by atoms with E-state index in [2.05, 4.69) is 12.2 Å². The molecule has 0 aliphatic heterocycles. The van der Waals surface area contributed by atoms with Gasteiger partial charge in [-0.25, -0.2) is 0 Å². The maximum Gasteiger partial charge on any atom is 0.224 e. The van der Waals surface area contributed by atoms with Crippen LogP contribution in [0, 0.1) is 5.92 Å². The van der Waals surface area contributed by atoms with Crippen LogP contribution in [-0.2, 0) is 4.79 Å². The number of hydrogen-bond acceptors (Lipinski definition) is 3. The second-order valence-electron chi connectivity index (χ2n) is 5.15. The number of thioether (sulfide) groups is 1. The van der Waals surface area contributed by atoms with Gasteiger partial charge in [0.05, 0.1) is 11.4 Å². The minimum atomic E-state index is 0.0917. The lowest BCUT2D eigenvalue weighted by molar-refractivity contribution is -0.117. The lowest BCUT2D eigenvalue weighted by atomic mass is 9.83. The molecule has 4 heteroatoms. The predicted molar refractivity (Wildman–Crippen MR) is 82.5 cm³/mol. The summed E-state index contributed by atoms with van der Waals surface area (Å²) in [5.74, 6) is 1.76. The monoisotopic (exact) mass is 278 g/mol. The van der Waals surface area contributed by atoms with Gasteiger partial charge in [0.25, 0.3) is 0 Å². The van der Waals surface area contributed by atoms with E-state index in [0.717, 1.165) is 22.8 Å². The Morgan fingerprint density at radius 3 is 2.89 bits per heavy atom. The third-order valence-corrected chi connectivity index (χ3v) is 4.67. The SMILES string of the molecule is CCCSc1ccc(N)c(NC(=O)CC2CCC2)c1. The number of nitrogen functional groups attached to an aromatic ring is 1. The molecular weight excluding hydrogens is 256 g/mol. The molecule has 2 rings (SSSR count). The van der Waals surface area contributed by atoms with Gasteiger partial charge >= 0.3 is 0 Å². The van der Waals surface area contributed by atoms with Gasteiger partial charge in [-0.1, -0.05) is 13.3 Å². The van der Waals surface area contributed by atoms with Crippen molar-refractivity contribution in [3.05, 3.63) is 18.2 Å². The van der Waals surface area contributed by atoms with E-state index >= 15 is 0 Å². The zero-order valence-electron chi connectivity index (χ0n) is 11.4. The van der Waals surface area contributed by atoms with Gasteiger partial charge in [0.15, 0.2) is 0 Å². The Kier molecular flexibility index (Phi) is 5.14. The Morgan fingerprint density at radius 2 is 2.26 bits per heavy atom. The molecule has 3 N–H and O–H groups in total. The molecule has 0 aromatic heterocycles. The van der Waals surface area contributed by atoms with E-state index in [4.69, 9.17) is 5.73 Å². The summed E-state index contributed by atoms with van der Waals surface area (Å²) in [6.45, 7) is 2.16. The van der Waals surface area contributed by atoms with Crippen LogP contribution >= 0.6 is 11.8 Å². The van der Waals surface area contributed by atoms with Crippen molar-refractivity contribution < 1.29 is 4.79 Å². The van der Waals surface area contributed by atoms with Crippen LogP contribution in [0.15, 0.2) is 23.1 Å². The lowest BCUT2D eigenvalue weighted by Gasteiger charge is -2.24. The molecule has 19 heavy (non-hydrogen) atoms.